The lowest BCUT2D eigenvalue weighted by molar-refractivity contribution is -0.135. The number of aromatic amines is 1. The van der Waals surface area contributed by atoms with Gasteiger partial charge in [0.1, 0.15) is 11.6 Å². The number of nitrogens with one attached hydrogen (secondary N) is 1. The van der Waals surface area contributed by atoms with Crippen LogP contribution in [0.15, 0.2) is 72.8 Å². The summed E-state index contributed by atoms with van der Waals surface area (Å²) in [6.07, 6.45) is 4.27. The number of imidazole rings is 1. The molecule has 0 spiro atoms. The van der Waals surface area contributed by atoms with E-state index in [4.69, 9.17) is 10.7 Å². The van der Waals surface area contributed by atoms with Crippen molar-refractivity contribution in [2.75, 3.05) is 0 Å². The number of fused-ring (bicyclic) bond motifs is 2. The molecule has 5 rings (SSSR count). The maximum absolute atomic E-state index is 13.8. The van der Waals surface area contributed by atoms with Gasteiger partial charge < -0.3 is 10.7 Å². The number of unbranched alkanes of at least 4 members (excludes halogenated alkanes) is 6. The first-order valence-electron chi connectivity index (χ1n) is 15.8. The molecule has 0 radical (unpaired) electrons. The van der Waals surface area contributed by atoms with Gasteiger partial charge >= 0.3 is 6.18 Å². The van der Waals surface area contributed by atoms with Gasteiger partial charge in [-0.2, -0.15) is 13.2 Å². The normalized spacial score (nSPS) is 16.6. The highest BCUT2D eigenvalue weighted by atomic mass is 19.4. The Morgan fingerprint density at radius 3 is 2.07 bits per heavy atom. The topological polar surface area (TPSA) is 54.7 Å². The van der Waals surface area contributed by atoms with Crippen molar-refractivity contribution in [3.8, 4) is 0 Å². The van der Waals surface area contributed by atoms with Gasteiger partial charge in [-0.05, 0) is 71.7 Å². The summed E-state index contributed by atoms with van der Waals surface area (Å²) in [5.74, 6) is 0.448. The summed E-state index contributed by atoms with van der Waals surface area (Å²) in [5, 5.41) is 0. The molecule has 3 N–H and O–H groups in total. The Hall–Kier alpha value is -3.45. The molecule has 44 heavy (non-hydrogen) atoms. The van der Waals surface area contributed by atoms with Gasteiger partial charge in [0.2, 0.25) is 0 Å². The zero-order chi connectivity index (χ0) is 31.4. The summed E-state index contributed by atoms with van der Waals surface area (Å²) in [7, 11) is 0. The molecule has 2 unspecified atom stereocenters. The van der Waals surface area contributed by atoms with E-state index in [0.29, 0.717) is 12.8 Å². The molecule has 1 aliphatic rings. The van der Waals surface area contributed by atoms with Gasteiger partial charge in [0.25, 0.3) is 0 Å². The first-order valence-corrected chi connectivity index (χ1v) is 15.8. The lowest BCUT2D eigenvalue weighted by Gasteiger charge is -2.43. The van der Waals surface area contributed by atoms with Crippen LogP contribution in [0.5, 0.6) is 0 Å². The number of benzene rings is 3. The lowest BCUT2D eigenvalue weighted by Crippen LogP contribution is -2.50. The van der Waals surface area contributed by atoms with E-state index < -0.39 is 18.1 Å². The van der Waals surface area contributed by atoms with E-state index in [1.54, 1.807) is 0 Å². The Kier molecular flexibility index (Phi) is 9.64. The van der Waals surface area contributed by atoms with E-state index in [-0.39, 0.29) is 23.6 Å². The van der Waals surface area contributed by atoms with Crippen molar-refractivity contribution in [2.24, 2.45) is 5.73 Å². The van der Waals surface area contributed by atoms with Crippen molar-refractivity contribution < 1.29 is 17.6 Å². The van der Waals surface area contributed by atoms with Crippen molar-refractivity contribution in [1.29, 1.82) is 0 Å². The fourth-order valence-corrected chi connectivity index (χ4v) is 7.06. The summed E-state index contributed by atoms with van der Waals surface area (Å²) in [6, 6.07) is 23.1. The van der Waals surface area contributed by atoms with Crippen molar-refractivity contribution in [2.45, 2.75) is 101 Å². The Morgan fingerprint density at radius 1 is 0.773 bits per heavy atom. The molecule has 4 aromatic rings. The minimum Gasteiger partial charge on any atom is -0.338 e. The predicted octanol–water partition coefficient (Wildman–Crippen LogP) is 10.5. The van der Waals surface area contributed by atoms with E-state index in [2.05, 4.69) is 43.1 Å². The Balaban J connectivity index is 1.39. The average molecular weight is 606 g/mol. The molecular weight excluding hydrogens is 562 g/mol. The highest BCUT2D eigenvalue weighted by molar-refractivity contribution is 5.92. The van der Waals surface area contributed by atoms with Gasteiger partial charge in [-0.15, -0.1) is 0 Å². The third kappa shape index (κ3) is 7.60. The molecule has 234 valence electrons. The number of rotatable bonds is 14. The first-order chi connectivity index (χ1) is 21.0. The molecule has 1 aliphatic carbocycles. The average Bonchev–Trinajstić information content (AvgIpc) is 3.58. The van der Waals surface area contributed by atoms with E-state index in [1.165, 1.54) is 17.7 Å². The Bertz CT molecular complexity index is 1530. The number of halogens is 4. The number of nitrogens with two attached hydrogens (primary N) is 1. The van der Waals surface area contributed by atoms with Crippen LogP contribution in [0, 0.1) is 5.82 Å². The summed E-state index contributed by atoms with van der Waals surface area (Å²) in [4.78, 5) is 8.51. The van der Waals surface area contributed by atoms with Gasteiger partial charge in [-0.25, -0.2) is 9.37 Å². The Labute approximate surface area is 258 Å². The van der Waals surface area contributed by atoms with Gasteiger partial charge in [0.05, 0.1) is 11.0 Å². The number of para-hydroxylation sites is 2. The van der Waals surface area contributed by atoms with E-state index in [1.807, 2.05) is 42.5 Å². The fourth-order valence-electron chi connectivity index (χ4n) is 7.06. The van der Waals surface area contributed by atoms with E-state index in [9.17, 15) is 17.6 Å². The first kappa shape index (κ1) is 32.0. The molecule has 0 fully saturated rings. The highest BCUT2D eigenvalue weighted by Crippen LogP contribution is 2.51. The highest BCUT2D eigenvalue weighted by Gasteiger charge is 2.45. The third-order valence-electron chi connectivity index (χ3n) is 9.17. The molecule has 1 aromatic heterocycles. The van der Waals surface area contributed by atoms with Crippen LogP contribution in [0.3, 0.4) is 0 Å². The van der Waals surface area contributed by atoms with Crippen LogP contribution in [0.1, 0.15) is 106 Å². The lowest BCUT2D eigenvalue weighted by atomic mass is 9.65. The second-order valence-corrected chi connectivity index (χ2v) is 13.2. The van der Waals surface area contributed by atoms with E-state index in [0.717, 1.165) is 72.1 Å². The summed E-state index contributed by atoms with van der Waals surface area (Å²) in [5.41, 5.74) is 13.0. The van der Waals surface area contributed by atoms with Gasteiger partial charge in [0, 0.05) is 23.5 Å². The third-order valence-corrected chi connectivity index (χ3v) is 9.17. The van der Waals surface area contributed by atoms with Crippen molar-refractivity contribution >= 4 is 22.7 Å². The maximum Gasteiger partial charge on any atom is 0.389 e. The zero-order valence-electron chi connectivity index (χ0n) is 25.7. The summed E-state index contributed by atoms with van der Waals surface area (Å²) < 4.78 is 51.2. The molecule has 7 heteroatoms. The molecule has 1 heterocycles. The molecular formula is C37H43F4N3. The predicted molar refractivity (Wildman–Crippen MR) is 172 cm³/mol. The molecule has 3 nitrogen and oxygen atoms in total. The number of alkyl halides is 3. The molecule has 0 aliphatic heterocycles. The number of aromatic nitrogens is 2. The Morgan fingerprint density at radius 2 is 1.39 bits per heavy atom. The van der Waals surface area contributed by atoms with Crippen LogP contribution in [0.4, 0.5) is 17.6 Å². The molecule has 3 aromatic carbocycles. The smallest absolute Gasteiger partial charge is 0.338 e. The van der Waals surface area contributed by atoms with Crippen LogP contribution < -0.4 is 5.73 Å². The van der Waals surface area contributed by atoms with Crippen LogP contribution in [-0.2, 0) is 5.41 Å². The fraction of sp³-hybridized carbons (Fsp3) is 0.432. The van der Waals surface area contributed by atoms with Crippen LogP contribution >= 0.6 is 0 Å². The minimum atomic E-state index is -4.07. The molecule has 2 atom stereocenters. The maximum atomic E-state index is 13.8. The number of hydrogen-bond donors (Lipinski definition) is 2. The second-order valence-electron chi connectivity index (χ2n) is 13.2. The largest absolute Gasteiger partial charge is 0.389 e. The van der Waals surface area contributed by atoms with Gasteiger partial charge in [-0.3, -0.25) is 0 Å². The van der Waals surface area contributed by atoms with Crippen molar-refractivity contribution in [3.05, 3.63) is 101 Å². The van der Waals surface area contributed by atoms with Crippen LogP contribution in [-0.4, -0.2) is 21.7 Å². The van der Waals surface area contributed by atoms with Gasteiger partial charge in [-0.1, -0.05) is 101 Å². The molecule has 0 bridgehead atoms. The minimum absolute atomic E-state index is 0.110. The molecule has 0 amide bonds. The number of hydrogen-bond acceptors (Lipinski definition) is 2. The quantitative estimate of drug-likeness (QED) is 0.111. The van der Waals surface area contributed by atoms with Crippen LogP contribution in [0.25, 0.3) is 22.7 Å². The number of H-pyrrole nitrogens is 1. The standard InChI is InChI=1S/C37H43F4N3/c1-35(2,27-18-20-28(38)21-19-27)25-36(42,22-12-6-4-3-5-7-13-23-37(39,40)41)33-29-15-9-8-14-26(29)24-30(33)34-43-31-16-10-11-17-32(31)44-34/h8-11,14-21,24,33H,3-7,12-13,22-23,25,42H2,1-2H3,(H,43,44). The SMILES string of the molecule is CC(C)(CC(N)(CCCCCCCCCC(F)(F)F)C1C(c2nc3ccccc3[nH]2)=Cc2ccccc21)c1ccc(F)cc1. The second kappa shape index (κ2) is 13.3. The monoisotopic (exact) mass is 605 g/mol. The zero-order valence-corrected chi connectivity index (χ0v) is 25.7. The van der Waals surface area contributed by atoms with Crippen molar-refractivity contribution in [3.63, 3.8) is 0 Å². The molecule has 0 saturated heterocycles. The molecule has 0 saturated carbocycles. The summed E-state index contributed by atoms with van der Waals surface area (Å²) >= 11 is 0. The van der Waals surface area contributed by atoms with Gasteiger partial charge in [0.15, 0.2) is 0 Å². The van der Waals surface area contributed by atoms with Crippen molar-refractivity contribution in [1.82, 2.24) is 9.97 Å². The summed E-state index contributed by atoms with van der Waals surface area (Å²) in [6.45, 7) is 4.35. The number of nitrogens with zero attached hydrogens (tertiary/aromatic N) is 1. The van der Waals surface area contributed by atoms with Crippen LogP contribution in [0.2, 0.25) is 0 Å². The van der Waals surface area contributed by atoms with E-state index >= 15 is 0 Å².